The number of aromatic nitrogens is 4. The number of nitrogens with zero attached hydrogens (tertiary/aromatic N) is 4. The Kier molecular flexibility index (Phi) is 4.64. The molecule has 1 saturated carbocycles. The number of nitriles is 1. The van der Waals surface area contributed by atoms with Gasteiger partial charge in [-0.1, -0.05) is 11.3 Å². The Morgan fingerprint density at radius 2 is 1.90 bits per heavy atom. The SMILES string of the molecule is N#Cc1[nH]nnc1-c1cc(OCC2CC2(F)F)cc(-c2ccc(C(F)(F)F)nc2)c1. The lowest BCUT2D eigenvalue weighted by Crippen LogP contribution is -2.07. The van der Waals surface area contributed by atoms with Crippen molar-refractivity contribution in [3.8, 4) is 34.2 Å². The summed E-state index contributed by atoms with van der Waals surface area (Å²) in [6.45, 7) is -0.217. The number of aromatic amines is 1. The van der Waals surface area contributed by atoms with Crippen LogP contribution in [0.3, 0.4) is 0 Å². The standard InChI is InChI=1S/C19H12F5N5O/c20-18(21)6-13(18)9-30-14-4-11(10-1-2-16(26-8-10)19(22,23)24)3-12(5-14)17-15(7-25)27-29-28-17/h1-5,8,13H,6,9H2,(H,27,28,29). The molecule has 0 radical (unpaired) electrons. The number of nitrogens with one attached hydrogen (secondary N) is 1. The Labute approximate surface area is 166 Å². The predicted molar refractivity (Wildman–Crippen MR) is 93.3 cm³/mol. The maximum absolute atomic E-state index is 13.1. The van der Waals surface area contributed by atoms with Gasteiger partial charge in [0.15, 0.2) is 5.69 Å². The zero-order chi connectivity index (χ0) is 21.5. The van der Waals surface area contributed by atoms with E-state index < -0.39 is 23.7 Å². The summed E-state index contributed by atoms with van der Waals surface area (Å²) < 4.78 is 70.1. The van der Waals surface area contributed by atoms with Gasteiger partial charge in [-0.3, -0.25) is 4.98 Å². The van der Waals surface area contributed by atoms with Crippen molar-refractivity contribution in [1.82, 2.24) is 20.4 Å². The minimum Gasteiger partial charge on any atom is -0.493 e. The highest BCUT2D eigenvalue weighted by atomic mass is 19.4. The number of rotatable bonds is 5. The molecular weight excluding hydrogens is 409 g/mol. The molecule has 6 nitrogen and oxygen atoms in total. The molecule has 1 unspecified atom stereocenters. The second-order valence-corrected chi connectivity index (χ2v) is 6.80. The number of H-pyrrole nitrogens is 1. The topological polar surface area (TPSA) is 87.5 Å². The number of hydrogen-bond acceptors (Lipinski definition) is 5. The van der Waals surface area contributed by atoms with Crippen LogP contribution in [-0.2, 0) is 6.18 Å². The van der Waals surface area contributed by atoms with Crippen LogP contribution in [0.15, 0.2) is 36.5 Å². The lowest BCUT2D eigenvalue weighted by molar-refractivity contribution is -0.141. The minimum atomic E-state index is -4.58. The molecular formula is C19H12F5N5O. The fourth-order valence-electron chi connectivity index (χ4n) is 2.87. The smallest absolute Gasteiger partial charge is 0.433 e. The van der Waals surface area contributed by atoms with Crippen LogP contribution in [0, 0.1) is 17.2 Å². The van der Waals surface area contributed by atoms with Crippen molar-refractivity contribution in [3.05, 3.63) is 47.9 Å². The van der Waals surface area contributed by atoms with E-state index >= 15 is 0 Å². The van der Waals surface area contributed by atoms with Gasteiger partial charge in [-0.05, 0) is 29.8 Å². The summed E-state index contributed by atoms with van der Waals surface area (Å²) in [6, 6.07) is 8.54. The number of benzene rings is 1. The van der Waals surface area contributed by atoms with Crippen molar-refractivity contribution < 1.29 is 26.7 Å². The Balaban J connectivity index is 1.71. The van der Waals surface area contributed by atoms with Crippen LogP contribution in [0.25, 0.3) is 22.4 Å². The van der Waals surface area contributed by atoms with E-state index in [0.29, 0.717) is 16.7 Å². The van der Waals surface area contributed by atoms with E-state index in [4.69, 9.17) is 4.74 Å². The van der Waals surface area contributed by atoms with Crippen LogP contribution in [0.2, 0.25) is 0 Å². The Bertz CT molecular complexity index is 1120. The van der Waals surface area contributed by atoms with Gasteiger partial charge in [0.25, 0.3) is 5.92 Å². The van der Waals surface area contributed by atoms with Crippen LogP contribution < -0.4 is 4.74 Å². The predicted octanol–water partition coefficient (Wildman–Crippen LogP) is 4.46. The second kappa shape index (κ2) is 7.05. The molecule has 0 spiro atoms. The van der Waals surface area contributed by atoms with Crippen molar-refractivity contribution in [2.45, 2.75) is 18.5 Å². The van der Waals surface area contributed by atoms with Gasteiger partial charge in [0.2, 0.25) is 0 Å². The molecule has 0 aliphatic heterocycles. The molecule has 1 N–H and O–H groups in total. The van der Waals surface area contributed by atoms with Crippen LogP contribution >= 0.6 is 0 Å². The average Bonchev–Trinajstić information content (AvgIpc) is 3.10. The molecule has 1 atom stereocenters. The van der Waals surface area contributed by atoms with Crippen molar-refractivity contribution in [3.63, 3.8) is 0 Å². The lowest BCUT2D eigenvalue weighted by atomic mass is 10.0. The highest BCUT2D eigenvalue weighted by Crippen LogP contribution is 2.48. The third-order valence-electron chi connectivity index (χ3n) is 4.63. The van der Waals surface area contributed by atoms with E-state index in [1.165, 1.54) is 18.2 Å². The van der Waals surface area contributed by atoms with Crippen LogP contribution in [0.4, 0.5) is 22.0 Å². The normalized spacial score (nSPS) is 17.4. The minimum absolute atomic E-state index is 0.0670. The van der Waals surface area contributed by atoms with Crippen molar-refractivity contribution in [1.29, 1.82) is 5.26 Å². The molecule has 11 heteroatoms. The summed E-state index contributed by atoms with van der Waals surface area (Å²) in [7, 11) is 0. The lowest BCUT2D eigenvalue weighted by Gasteiger charge is -2.11. The summed E-state index contributed by atoms with van der Waals surface area (Å²) in [5.74, 6) is -3.44. The number of alkyl halides is 5. The highest BCUT2D eigenvalue weighted by molar-refractivity contribution is 5.75. The molecule has 2 heterocycles. The highest BCUT2D eigenvalue weighted by Gasteiger charge is 2.57. The Morgan fingerprint density at radius 1 is 1.17 bits per heavy atom. The first kappa shape index (κ1) is 19.8. The molecule has 1 fully saturated rings. The Morgan fingerprint density at radius 3 is 2.50 bits per heavy atom. The van der Waals surface area contributed by atoms with E-state index in [-0.39, 0.29) is 30.2 Å². The fraction of sp³-hybridized carbons (Fsp3) is 0.263. The molecule has 154 valence electrons. The molecule has 1 aliphatic carbocycles. The third-order valence-corrected chi connectivity index (χ3v) is 4.63. The molecule has 1 aromatic carbocycles. The summed E-state index contributed by atoms with van der Waals surface area (Å²) in [5.41, 5.74) is 0.359. The van der Waals surface area contributed by atoms with Gasteiger partial charge in [-0.15, -0.1) is 5.10 Å². The van der Waals surface area contributed by atoms with Gasteiger partial charge in [0.1, 0.15) is 23.2 Å². The monoisotopic (exact) mass is 421 g/mol. The zero-order valence-electron chi connectivity index (χ0n) is 15.0. The van der Waals surface area contributed by atoms with Gasteiger partial charge < -0.3 is 4.74 Å². The maximum atomic E-state index is 13.1. The van der Waals surface area contributed by atoms with Gasteiger partial charge in [-0.2, -0.15) is 18.4 Å². The van der Waals surface area contributed by atoms with E-state index in [9.17, 15) is 27.2 Å². The van der Waals surface area contributed by atoms with E-state index in [0.717, 1.165) is 12.3 Å². The summed E-state index contributed by atoms with van der Waals surface area (Å²) >= 11 is 0. The van der Waals surface area contributed by atoms with E-state index in [1.54, 1.807) is 6.07 Å². The van der Waals surface area contributed by atoms with Crippen molar-refractivity contribution in [2.24, 2.45) is 5.92 Å². The first-order chi connectivity index (χ1) is 14.2. The molecule has 0 amide bonds. The van der Waals surface area contributed by atoms with Gasteiger partial charge >= 0.3 is 6.18 Å². The fourth-order valence-corrected chi connectivity index (χ4v) is 2.87. The van der Waals surface area contributed by atoms with E-state index in [1.807, 2.05) is 6.07 Å². The molecule has 2 aromatic heterocycles. The molecule has 1 aliphatic rings. The molecule has 30 heavy (non-hydrogen) atoms. The largest absolute Gasteiger partial charge is 0.493 e. The second-order valence-electron chi connectivity index (χ2n) is 6.80. The van der Waals surface area contributed by atoms with Crippen LogP contribution in [-0.4, -0.2) is 32.9 Å². The van der Waals surface area contributed by atoms with Gasteiger partial charge in [0, 0.05) is 23.7 Å². The molecule has 0 saturated heterocycles. The molecule has 0 bridgehead atoms. The third kappa shape index (κ3) is 3.94. The number of ether oxygens (including phenoxy) is 1. The first-order valence-electron chi connectivity index (χ1n) is 8.68. The van der Waals surface area contributed by atoms with Gasteiger partial charge in [0.05, 0.1) is 12.5 Å². The van der Waals surface area contributed by atoms with E-state index in [2.05, 4.69) is 20.4 Å². The van der Waals surface area contributed by atoms with Crippen LogP contribution in [0.1, 0.15) is 17.8 Å². The van der Waals surface area contributed by atoms with Crippen molar-refractivity contribution >= 4 is 0 Å². The molecule has 3 aromatic rings. The van der Waals surface area contributed by atoms with Gasteiger partial charge in [-0.25, -0.2) is 13.9 Å². The summed E-state index contributed by atoms with van der Waals surface area (Å²) in [5, 5.41) is 19.0. The number of hydrogen-bond donors (Lipinski definition) is 1. The zero-order valence-corrected chi connectivity index (χ0v) is 15.0. The molecule has 4 rings (SSSR count). The summed E-state index contributed by atoms with van der Waals surface area (Å²) in [6.07, 6.45) is -3.79. The Hall–Kier alpha value is -3.55. The number of pyridine rings is 1. The van der Waals surface area contributed by atoms with Crippen LogP contribution in [0.5, 0.6) is 5.75 Å². The average molecular weight is 421 g/mol. The quantitative estimate of drug-likeness (QED) is 0.615. The number of halogens is 5. The summed E-state index contributed by atoms with van der Waals surface area (Å²) in [4.78, 5) is 3.43. The first-order valence-corrected chi connectivity index (χ1v) is 8.68. The maximum Gasteiger partial charge on any atom is 0.433 e. The van der Waals surface area contributed by atoms with Crippen molar-refractivity contribution in [2.75, 3.05) is 6.61 Å².